The van der Waals surface area contributed by atoms with Crippen LogP contribution in [0.1, 0.15) is 19.4 Å². The van der Waals surface area contributed by atoms with E-state index < -0.39 is 5.97 Å². The first-order chi connectivity index (χ1) is 16.9. The van der Waals surface area contributed by atoms with Gasteiger partial charge in [-0.05, 0) is 60.4 Å². The Balaban J connectivity index is 1.61. The van der Waals surface area contributed by atoms with Crippen LogP contribution in [-0.2, 0) is 4.79 Å². The highest BCUT2D eigenvalue weighted by Gasteiger charge is 2.11. The molecule has 0 amide bonds. The summed E-state index contributed by atoms with van der Waals surface area (Å²) in [5.41, 5.74) is 4.64. The van der Waals surface area contributed by atoms with Gasteiger partial charge in [-0.25, -0.2) is 9.59 Å². The van der Waals surface area contributed by atoms with E-state index in [4.69, 9.17) is 14.8 Å². The van der Waals surface area contributed by atoms with E-state index in [1.165, 1.54) is 6.08 Å². The van der Waals surface area contributed by atoms with Crippen LogP contribution in [0.25, 0.3) is 39.3 Å². The Morgan fingerprint density at radius 1 is 0.943 bits per heavy atom. The third-order valence-corrected chi connectivity index (χ3v) is 5.95. The van der Waals surface area contributed by atoms with Crippen molar-refractivity contribution in [1.29, 1.82) is 5.26 Å². The number of nitrogens with zero attached hydrogens (tertiary/aromatic N) is 2. The minimum atomic E-state index is -1.25. The van der Waals surface area contributed by atoms with Gasteiger partial charge in [-0.3, -0.25) is 0 Å². The summed E-state index contributed by atoms with van der Waals surface area (Å²) in [5, 5.41) is 18.8. The van der Waals surface area contributed by atoms with Gasteiger partial charge in [-0.1, -0.05) is 48.5 Å². The lowest BCUT2D eigenvalue weighted by Crippen LogP contribution is -2.21. The number of fused-ring (bicyclic) bond motifs is 1. The molecule has 0 radical (unpaired) electrons. The van der Waals surface area contributed by atoms with Crippen LogP contribution in [0.15, 0.2) is 87.6 Å². The largest absolute Gasteiger partial charge is 0.477 e. The lowest BCUT2D eigenvalue weighted by atomic mass is 9.99. The maximum atomic E-state index is 12.8. The maximum absolute atomic E-state index is 12.8. The predicted molar refractivity (Wildman–Crippen MR) is 138 cm³/mol. The van der Waals surface area contributed by atoms with Gasteiger partial charge in [0.2, 0.25) is 0 Å². The summed E-state index contributed by atoms with van der Waals surface area (Å²) in [6.45, 7) is 5.93. The molecule has 0 spiro atoms. The van der Waals surface area contributed by atoms with E-state index >= 15 is 0 Å². The van der Waals surface area contributed by atoms with Crippen LogP contribution in [0.4, 0.5) is 5.69 Å². The molecule has 1 aromatic heterocycles. The fourth-order valence-corrected chi connectivity index (χ4v) is 4.01. The molecule has 1 heterocycles. The molecule has 35 heavy (non-hydrogen) atoms. The molecule has 0 saturated heterocycles. The average Bonchev–Trinajstić information content (AvgIpc) is 2.88. The molecule has 0 aliphatic carbocycles. The second kappa shape index (κ2) is 10.1. The van der Waals surface area contributed by atoms with Crippen molar-refractivity contribution >= 4 is 28.7 Å². The number of hydrogen-bond acceptors (Lipinski definition) is 5. The molecule has 6 nitrogen and oxygen atoms in total. The van der Waals surface area contributed by atoms with E-state index in [2.05, 4.69) is 18.7 Å². The van der Waals surface area contributed by atoms with E-state index in [-0.39, 0.29) is 11.2 Å². The van der Waals surface area contributed by atoms with E-state index in [1.54, 1.807) is 18.2 Å². The number of carbonyl (C=O) groups is 1. The summed E-state index contributed by atoms with van der Waals surface area (Å²) < 4.78 is 5.66. The highest BCUT2D eigenvalue weighted by atomic mass is 16.4. The number of carboxylic acid groups (broad SMARTS) is 1. The van der Waals surface area contributed by atoms with Gasteiger partial charge >= 0.3 is 11.6 Å². The van der Waals surface area contributed by atoms with Gasteiger partial charge in [0.1, 0.15) is 17.2 Å². The first-order valence-electron chi connectivity index (χ1n) is 11.3. The van der Waals surface area contributed by atoms with Crippen molar-refractivity contribution in [1.82, 2.24) is 0 Å². The Hall–Kier alpha value is -4.63. The number of hydrogen-bond donors (Lipinski definition) is 1. The molecular formula is C29H24N2O4. The molecule has 0 aliphatic heterocycles. The van der Waals surface area contributed by atoms with Gasteiger partial charge in [-0.15, -0.1) is 0 Å². The molecule has 0 atom stereocenters. The second-order valence-corrected chi connectivity index (χ2v) is 8.02. The topological polar surface area (TPSA) is 94.5 Å². The van der Waals surface area contributed by atoms with Gasteiger partial charge in [0.15, 0.2) is 0 Å². The fraction of sp³-hybridized carbons (Fsp3) is 0.138. The second-order valence-electron chi connectivity index (χ2n) is 8.02. The van der Waals surface area contributed by atoms with Gasteiger partial charge < -0.3 is 14.4 Å². The van der Waals surface area contributed by atoms with Crippen molar-refractivity contribution in [3.05, 3.63) is 94.4 Å². The van der Waals surface area contributed by atoms with Crippen molar-refractivity contribution in [2.75, 3.05) is 18.0 Å². The minimum Gasteiger partial charge on any atom is -0.477 e. The highest BCUT2D eigenvalue weighted by molar-refractivity contribution is 5.96. The summed E-state index contributed by atoms with van der Waals surface area (Å²) in [6, 6.07) is 24.3. The van der Waals surface area contributed by atoms with E-state index in [0.29, 0.717) is 16.7 Å². The van der Waals surface area contributed by atoms with E-state index in [9.17, 15) is 9.59 Å². The molecule has 0 unspecified atom stereocenters. The quantitative estimate of drug-likeness (QED) is 0.206. The lowest BCUT2D eigenvalue weighted by Gasteiger charge is -2.21. The third-order valence-electron chi connectivity index (χ3n) is 5.95. The first-order valence-corrected chi connectivity index (χ1v) is 11.3. The number of aliphatic carboxylic acids is 1. The first kappa shape index (κ1) is 23.5. The van der Waals surface area contributed by atoms with E-state index in [0.717, 1.165) is 40.9 Å². The molecule has 4 rings (SSSR count). The van der Waals surface area contributed by atoms with Crippen molar-refractivity contribution in [2.45, 2.75) is 13.8 Å². The van der Waals surface area contributed by atoms with Crippen LogP contribution in [0.3, 0.4) is 0 Å². The summed E-state index contributed by atoms with van der Waals surface area (Å²) in [5.74, 6) is -1.25. The summed E-state index contributed by atoms with van der Waals surface area (Å²) in [6.07, 6.45) is 1.33. The molecule has 3 aromatic carbocycles. The van der Waals surface area contributed by atoms with Gasteiger partial charge in [0.25, 0.3) is 0 Å². The Bertz CT molecular complexity index is 1500. The van der Waals surface area contributed by atoms with Crippen molar-refractivity contribution < 1.29 is 14.3 Å². The van der Waals surface area contributed by atoms with Gasteiger partial charge in [0.05, 0.1) is 5.56 Å². The van der Waals surface area contributed by atoms with Crippen LogP contribution < -0.4 is 10.5 Å². The zero-order chi connectivity index (χ0) is 24.9. The maximum Gasteiger partial charge on any atom is 0.346 e. The van der Waals surface area contributed by atoms with Crippen LogP contribution >= 0.6 is 0 Å². The molecule has 0 fully saturated rings. The summed E-state index contributed by atoms with van der Waals surface area (Å²) in [7, 11) is 0. The Labute approximate surface area is 203 Å². The monoisotopic (exact) mass is 464 g/mol. The number of carboxylic acids is 1. The SMILES string of the molecule is CCN(CC)c1ccc2cc(-c3ccc(-c4ccc(C=C(C#N)C(=O)O)cc4)cc3)c(=O)oc2c1. The Morgan fingerprint density at radius 3 is 2.11 bits per heavy atom. The normalized spacial score (nSPS) is 11.3. The van der Waals surface area contributed by atoms with Gasteiger partial charge in [-0.2, -0.15) is 5.26 Å². The highest BCUT2D eigenvalue weighted by Crippen LogP contribution is 2.27. The molecule has 0 aliphatic rings. The number of anilines is 1. The summed E-state index contributed by atoms with van der Waals surface area (Å²) >= 11 is 0. The van der Waals surface area contributed by atoms with Crippen LogP contribution in [0.5, 0.6) is 0 Å². The predicted octanol–water partition coefficient (Wildman–Crippen LogP) is 5.96. The molecule has 0 bridgehead atoms. The molecule has 6 heteroatoms. The molecule has 0 saturated carbocycles. The number of rotatable bonds is 7. The average molecular weight is 465 g/mol. The standard InChI is InChI=1S/C29H24N2O4/c1-3-31(4-2)25-14-13-23-16-26(29(34)35-27(23)17-25)22-11-9-21(10-12-22)20-7-5-19(6-8-20)15-24(18-30)28(32)33/h5-17H,3-4H2,1-2H3,(H,32,33). The van der Waals surface area contributed by atoms with Crippen LogP contribution in [0.2, 0.25) is 0 Å². The Morgan fingerprint density at radius 2 is 1.54 bits per heavy atom. The Kier molecular flexibility index (Phi) is 6.79. The summed E-state index contributed by atoms with van der Waals surface area (Å²) in [4.78, 5) is 26.0. The van der Waals surface area contributed by atoms with Crippen LogP contribution in [0, 0.1) is 11.3 Å². The minimum absolute atomic E-state index is 0.319. The van der Waals surface area contributed by atoms with Crippen molar-refractivity contribution in [3.8, 4) is 28.3 Å². The van der Waals surface area contributed by atoms with Crippen molar-refractivity contribution in [2.24, 2.45) is 0 Å². The molecule has 174 valence electrons. The zero-order valence-electron chi connectivity index (χ0n) is 19.5. The number of nitriles is 1. The third kappa shape index (κ3) is 4.99. The molecule has 4 aromatic rings. The number of benzene rings is 3. The fourth-order valence-electron chi connectivity index (χ4n) is 4.01. The van der Waals surface area contributed by atoms with Gasteiger partial charge in [0, 0.05) is 30.2 Å². The smallest absolute Gasteiger partial charge is 0.346 e. The molecular weight excluding hydrogens is 440 g/mol. The lowest BCUT2D eigenvalue weighted by molar-refractivity contribution is -0.132. The van der Waals surface area contributed by atoms with E-state index in [1.807, 2.05) is 60.7 Å². The van der Waals surface area contributed by atoms with Crippen molar-refractivity contribution in [3.63, 3.8) is 0 Å². The van der Waals surface area contributed by atoms with Crippen LogP contribution in [-0.4, -0.2) is 24.2 Å². The zero-order valence-corrected chi connectivity index (χ0v) is 19.5. The molecule has 1 N–H and O–H groups in total.